The van der Waals surface area contributed by atoms with Crippen molar-refractivity contribution in [3.8, 4) is 0 Å². The minimum Gasteiger partial charge on any atom is -0.374 e. The Morgan fingerprint density at radius 1 is 1.44 bits per heavy atom. The molecule has 96 valence electrons. The van der Waals surface area contributed by atoms with Gasteiger partial charge in [0.1, 0.15) is 6.04 Å². The Labute approximate surface area is 114 Å². The van der Waals surface area contributed by atoms with E-state index in [1.807, 2.05) is 24.3 Å². The third-order valence-corrected chi connectivity index (χ3v) is 3.25. The molecule has 2 rings (SSSR count). The second-order valence-corrected chi connectivity index (χ2v) is 5.01. The summed E-state index contributed by atoms with van der Waals surface area (Å²) in [6.07, 6.45) is 0. The molecule has 1 fully saturated rings. The molecule has 0 aromatic heterocycles. The van der Waals surface area contributed by atoms with E-state index in [1.165, 1.54) is 4.90 Å². The van der Waals surface area contributed by atoms with E-state index in [0.29, 0.717) is 13.1 Å². The average Bonchev–Trinajstić information content (AvgIpc) is 2.77. The molecular formula is C12H14BrN3O2. The first-order valence-electron chi connectivity index (χ1n) is 5.69. The normalized spacial score (nSPS) is 16.3. The number of imide groups is 1. The number of carbonyl (C=O) groups excluding carboxylic acids is 2. The molecule has 0 saturated carbocycles. The zero-order chi connectivity index (χ0) is 13.1. The van der Waals surface area contributed by atoms with E-state index in [4.69, 9.17) is 0 Å². The van der Waals surface area contributed by atoms with Crippen LogP contribution in [0.5, 0.6) is 0 Å². The molecule has 1 aliphatic heterocycles. The third-order valence-electron chi connectivity index (χ3n) is 2.72. The Hall–Kier alpha value is -1.56. The summed E-state index contributed by atoms with van der Waals surface area (Å²) in [6.45, 7) is 2.70. The van der Waals surface area contributed by atoms with E-state index in [2.05, 4.69) is 26.6 Å². The van der Waals surface area contributed by atoms with Crippen LogP contribution in [0.15, 0.2) is 28.7 Å². The van der Waals surface area contributed by atoms with Gasteiger partial charge in [0.25, 0.3) is 5.91 Å². The minimum absolute atomic E-state index is 0.215. The summed E-state index contributed by atoms with van der Waals surface area (Å²) in [5.41, 5.74) is 0.846. The number of carbonyl (C=O) groups is 2. The van der Waals surface area contributed by atoms with Gasteiger partial charge in [0, 0.05) is 23.2 Å². The molecule has 0 bridgehead atoms. The summed E-state index contributed by atoms with van der Waals surface area (Å²) in [4.78, 5) is 24.6. The van der Waals surface area contributed by atoms with Crippen LogP contribution in [0, 0.1) is 0 Å². The van der Waals surface area contributed by atoms with Gasteiger partial charge in [0.05, 0.1) is 0 Å². The molecule has 0 aliphatic carbocycles. The smallest absolute Gasteiger partial charge is 0.324 e. The number of nitrogens with one attached hydrogen (secondary N) is 2. The van der Waals surface area contributed by atoms with Crippen molar-refractivity contribution in [2.75, 3.05) is 18.4 Å². The zero-order valence-corrected chi connectivity index (χ0v) is 11.5. The van der Waals surface area contributed by atoms with Crippen LogP contribution in [-0.4, -0.2) is 36.0 Å². The molecule has 2 N–H and O–H groups in total. The molecule has 18 heavy (non-hydrogen) atoms. The summed E-state index contributed by atoms with van der Waals surface area (Å²) >= 11 is 3.35. The number of rotatable bonds is 3. The molecule has 1 aliphatic rings. The molecule has 0 radical (unpaired) electrons. The van der Waals surface area contributed by atoms with Crippen LogP contribution < -0.4 is 10.6 Å². The van der Waals surface area contributed by atoms with Crippen molar-refractivity contribution in [1.82, 2.24) is 10.2 Å². The van der Waals surface area contributed by atoms with Crippen LogP contribution in [0.4, 0.5) is 10.5 Å². The highest BCUT2D eigenvalue weighted by Crippen LogP contribution is 2.15. The van der Waals surface area contributed by atoms with Gasteiger partial charge in [-0.15, -0.1) is 0 Å². The van der Waals surface area contributed by atoms with E-state index in [1.54, 1.807) is 6.92 Å². The fraction of sp³-hybridized carbons (Fsp3) is 0.333. The van der Waals surface area contributed by atoms with Crippen LogP contribution in [-0.2, 0) is 4.79 Å². The molecule has 0 unspecified atom stereocenters. The van der Waals surface area contributed by atoms with Gasteiger partial charge in [-0.1, -0.05) is 15.9 Å². The lowest BCUT2D eigenvalue weighted by atomic mass is 10.2. The van der Waals surface area contributed by atoms with Crippen LogP contribution in [0.1, 0.15) is 6.92 Å². The number of amides is 3. The van der Waals surface area contributed by atoms with Gasteiger partial charge in [-0.2, -0.15) is 0 Å². The van der Waals surface area contributed by atoms with Gasteiger partial charge in [-0.3, -0.25) is 9.69 Å². The van der Waals surface area contributed by atoms with Crippen molar-refractivity contribution in [1.29, 1.82) is 0 Å². The number of hydrogen-bond acceptors (Lipinski definition) is 3. The van der Waals surface area contributed by atoms with Crippen LogP contribution in [0.2, 0.25) is 0 Å². The standard InChI is InChI=1S/C12H14BrN3O2/c1-8(11(17)16-7-6-14-12(16)18)15-10-4-2-9(13)3-5-10/h2-5,8,15H,6-7H2,1H3,(H,14,18)/t8-/m0/s1. The Kier molecular flexibility index (Phi) is 3.86. The Bertz CT molecular complexity index is 461. The quantitative estimate of drug-likeness (QED) is 0.895. The number of hydrogen-bond donors (Lipinski definition) is 2. The van der Waals surface area contributed by atoms with E-state index in [0.717, 1.165) is 10.2 Å². The van der Waals surface area contributed by atoms with Crippen molar-refractivity contribution in [3.05, 3.63) is 28.7 Å². The fourth-order valence-electron chi connectivity index (χ4n) is 1.77. The van der Waals surface area contributed by atoms with Gasteiger partial charge in [0.15, 0.2) is 0 Å². The van der Waals surface area contributed by atoms with Crippen molar-refractivity contribution >= 4 is 33.6 Å². The fourth-order valence-corrected chi connectivity index (χ4v) is 2.04. The molecule has 5 nitrogen and oxygen atoms in total. The number of halogens is 1. The maximum atomic E-state index is 12.0. The van der Waals surface area contributed by atoms with Crippen molar-refractivity contribution in [3.63, 3.8) is 0 Å². The first kappa shape index (κ1) is 12.9. The number of benzene rings is 1. The highest BCUT2D eigenvalue weighted by atomic mass is 79.9. The summed E-state index contributed by atoms with van der Waals surface area (Å²) in [5, 5.41) is 5.68. The molecular weight excluding hydrogens is 298 g/mol. The number of nitrogens with zero attached hydrogens (tertiary/aromatic N) is 1. The summed E-state index contributed by atoms with van der Waals surface area (Å²) < 4.78 is 0.978. The molecule has 0 spiro atoms. The highest BCUT2D eigenvalue weighted by Gasteiger charge is 2.29. The monoisotopic (exact) mass is 311 g/mol. The van der Waals surface area contributed by atoms with Gasteiger partial charge >= 0.3 is 6.03 Å². The van der Waals surface area contributed by atoms with Crippen molar-refractivity contribution in [2.24, 2.45) is 0 Å². The first-order valence-corrected chi connectivity index (χ1v) is 6.48. The maximum absolute atomic E-state index is 12.0. The number of anilines is 1. The van der Waals surface area contributed by atoms with Crippen LogP contribution in [0.25, 0.3) is 0 Å². The molecule has 6 heteroatoms. The first-order chi connectivity index (χ1) is 8.58. The predicted octanol–water partition coefficient (Wildman–Crippen LogP) is 1.80. The van der Waals surface area contributed by atoms with Crippen molar-refractivity contribution in [2.45, 2.75) is 13.0 Å². The Morgan fingerprint density at radius 2 is 2.11 bits per heavy atom. The molecule has 1 heterocycles. The van der Waals surface area contributed by atoms with E-state index in [-0.39, 0.29) is 11.9 Å². The maximum Gasteiger partial charge on any atom is 0.324 e. The Balaban J connectivity index is 1.99. The molecule has 1 aromatic carbocycles. The zero-order valence-electron chi connectivity index (χ0n) is 9.94. The van der Waals surface area contributed by atoms with Crippen LogP contribution >= 0.6 is 15.9 Å². The molecule has 1 atom stereocenters. The van der Waals surface area contributed by atoms with Crippen LogP contribution in [0.3, 0.4) is 0 Å². The lowest BCUT2D eigenvalue weighted by Gasteiger charge is -2.19. The summed E-state index contributed by atoms with van der Waals surface area (Å²) in [5.74, 6) is -0.215. The lowest BCUT2D eigenvalue weighted by Crippen LogP contribution is -2.43. The Morgan fingerprint density at radius 3 is 2.67 bits per heavy atom. The molecule has 1 saturated heterocycles. The SMILES string of the molecule is C[C@H](Nc1ccc(Br)cc1)C(=O)N1CCNC1=O. The van der Waals surface area contributed by atoms with E-state index >= 15 is 0 Å². The van der Waals surface area contributed by atoms with Crippen molar-refractivity contribution < 1.29 is 9.59 Å². The molecule has 1 aromatic rings. The van der Waals surface area contributed by atoms with E-state index < -0.39 is 6.04 Å². The topological polar surface area (TPSA) is 61.4 Å². The van der Waals surface area contributed by atoms with Gasteiger partial charge in [-0.05, 0) is 31.2 Å². The summed E-state index contributed by atoms with van der Waals surface area (Å²) in [6, 6.07) is 6.78. The number of urea groups is 1. The second-order valence-electron chi connectivity index (χ2n) is 4.09. The predicted molar refractivity (Wildman–Crippen MR) is 72.3 cm³/mol. The second kappa shape index (κ2) is 5.39. The van der Waals surface area contributed by atoms with Gasteiger partial charge in [0.2, 0.25) is 0 Å². The largest absolute Gasteiger partial charge is 0.374 e. The highest BCUT2D eigenvalue weighted by molar-refractivity contribution is 9.10. The van der Waals surface area contributed by atoms with Gasteiger partial charge < -0.3 is 10.6 Å². The lowest BCUT2D eigenvalue weighted by molar-refractivity contribution is -0.128. The van der Waals surface area contributed by atoms with E-state index in [9.17, 15) is 9.59 Å². The van der Waals surface area contributed by atoms with Gasteiger partial charge in [-0.25, -0.2) is 4.79 Å². The minimum atomic E-state index is -0.435. The molecule has 3 amide bonds. The average molecular weight is 312 g/mol. The third kappa shape index (κ3) is 2.81. The summed E-state index contributed by atoms with van der Waals surface area (Å²) in [7, 11) is 0.